The first-order valence-corrected chi connectivity index (χ1v) is 7.48. The minimum absolute atomic E-state index is 0.368. The Labute approximate surface area is 122 Å². The second-order valence-corrected chi connectivity index (χ2v) is 5.85. The first-order chi connectivity index (χ1) is 9.56. The normalized spacial score (nSPS) is 11.1. The van der Waals surface area contributed by atoms with Gasteiger partial charge in [-0.2, -0.15) is 0 Å². The molecule has 2 nitrogen and oxygen atoms in total. The molecule has 0 aliphatic rings. The number of carboxylic acids is 1. The third kappa shape index (κ3) is 3.91. The Bertz CT molecular complexity index is 650. The van der Waals surface area contributed by atoms with Crippen LogP contribution in [0.5, 0.6) is 0 Å². The first kappa shape index (κ1) is 14.7. The molecule has 0 unspecified atom stereocenters. The lowest BCUT2D eigenvalue weighted by Gasteiger charge is -2.03. The van der Waals surface area contributed by atoms with Crippen LogP contribution < -0.4 is 0 Å². The molecule has 0 saturated heterocycles. The van der Waals surface area contributed by atoms with Crippen LogP contribution in [0.1, 0.15) is 10.4 Å². The van der Waals surface area contributed by atoms with Crippen molar-refractivity contribution in [3.8, 4) is 0 Å². The van der Waals surface area contributed by atoms with E-state index in [-0.39, 0.29) is 0 Å². The van der Waals surface area contributed by atoms with Crippen molar-refractivity contribution in [2.45, 2.75) is 10.6 Å². The van der Waals surface area contributed by atoms with E-state index in [9.17, 15) is 13.6 Å². The van der Waals surface area contributed by atoms with E-state index in [4.69, 9.17) is 5.11 Å². The third-order valence-corrected chi connectivity index (χ3v) is 4.63. The van der Waals surface area contributed by atoms with Crippen LogP contribution in [-0.4, -0.2) is 11.1 Å². The van der Waals surface area contributed by atoms with Crippen molar-refractivity contribution in [2.24, 2.45) is 0 Å². The summed E-state index contributed by atoms with van der Waals surface area (Å²) in [7, 11) is 0. The number of hydrogen-bond donors (Lipinski definition) is 1. The molecule has 1 aromatic heterocycles. The number of aliphatic carboxylic acids is 1. The predicted octanol–water partition coefficient (Wildman–Crippen LogP) is 4.42. The van der Waals surface area contributed by atoms with Crippen molar-refractivity contribution in [1.29, 1.82) is 0 Å². The summed E-state index contributed by atoms with van der Waals surface area (Å²) in [4.78, 5) is 11.8. The van der Waals surface area contributed by atoms with Gasteiger partial charge in [0.15, 0.2) is 0 Å². The zero-order valence-electron chi connectivity index (χ0n) is 10.2. The maximum atomic E-state index is 13.5. The number of carbonyl (C=O) groups is 1. The number of halogens is 2. The Balaban J connectivity index is 2.08. The number of hydrogen-bond acceptors (Lipinski definition) is 3. The minimum Gasteiger partial charge on any atom is -0.478 e. The molecule has 0 radical (unpaired) electrons. The van der Waals surface area contributed by atoms with E-state index in [1.54, 1.807) is 6.07 Å². The Morgan fingerprint density at radius 1 is 1.35 bits per heavy atom. The SMILES string of the molecule is O=C(O)C=Cc1ccsc1CSc1ccc(F)cc1F. The molecule has 20 heavy (non-hydrogen) atoms. The average molecular weight is 312 g/mol. The summed E-state index contributed by atoms with van der Waals surface area (Å²) in [5.41, 5.74) is 0.799. The highest BCUT2D eigenvalue weighted by molar-refractivity contribution is 7.98. The van der Waals surface area contributed by atoms with E-state index in [1.165, 1.54) is 41.3 Å². The molecule has 0 saturated carbocycles. The maximum Gasteiger partial charge on any atom is 0.328 e. The van der Waals surface area contributed by atoms with Gasteiger partial charge in [0.1, 0.15) is 11.6 Å². The molecular weight excluding hydrogens is 302 g/mol. The summed E-state index contributed by atoms with van der Waals surface area (Å²) in [5, 5.41) is 10.4. The van der Waals surface area contributed by atoms with Gasteiger partial charge in [-0.05, 0) is 35.2 Å². The number of carboxylic acid groups (broad SMARTS) is 1. The van der Waals surface area contributed by atoms with Gasteiger partial charge in [0.05, 0.1) is 0 Å². The van der Waals surface area contributed by atoms with E-state index in [0.29, 0.717) is 10.6 Å². The van der Waals surface area contributed by atoms with Crippen LogP contribution in [-0.2, 0) is 10.5 Å². The molecule has 2 rings (SSSR count). The van der Waals surface area contributed by atoms with Crippen molar-refractivity contribution >= 4 is 35.1 Å². The molecule has 104 valence electrons. The molecule has 0 spiro atoms. The predicted molar refractivity (Wildman–Crippen MR) is 76.9 cm³/mol. The highest BCUT2D eigenvalue weighted by atomic mass is 32.2. The van der Waals surface area contributed by atoms with Crippen molar-refractivity contribution < 1.29 is 18.7 Å². The lowest BCUT2D eigenvalue weighted by atomic mass is 10.2. The lowest BCUT2D eigenvalue weighted by Crippen LogP contribution is -1.87. The van der Waals surface area contributed by atoms with E-state index >= 15 is 0 Å². The topological polar surface area (TPSA) is 37.3 Å². The van der Waals surface area contributed by atoms with Crippen LogP contribution in [0, 0.1) is 11.6 Å². The van der Waals surface area contributed by atoms with E-state index in [1.807, 2.05) is 5.38 Å². The van der Waals surface area contributed by atoms with Gasteiger partial charge < -0.3 is 5.11 Å². The van der Waals surface area contributed by atoms with Gasteiger partial charge in [-0.1, -0.05) is 0 Å². The van der Waals surface area contributed by atoms with Gasteiger partial charge in [0.2, 0.25) is 0 Å². The van der Waals surface area contributed by atoms with Crippen LogP contribution >= 0.6 is 23.1 Å². The summed E-state index contributed by atoms with van der Waals surface area (Å²) in [6, 6.07) is 5.27. The van der Waals surface area contributed by atoms with Gasteiger partial charge in [0, 0.05) is 27.7 Å². The standard InChI is InChI=1S/C14H10F2O2S2/c15-10-2-3-12(11(16)7-10)20-8-13-9(5-6-19-13)1-4-14(17)18/h1-7H,8H2,(H,17,18). The molecule has 1 N–H and O–H groups in total. The van der Waals surface area contributed by atoms with Crippen LogP contribution in [0.25, 0.3) is 6.08 Å². The first-order valence-electron chi connectivity index (χ1n) is 5.61. The highest BCUT2D eigenvalue weighted by Crippen LogP contribution is 2.30. The molecule has 6 heteroatoms. The summed E-state index contributed by atoms with van der Waals surface area (Å²) < 4.78 is 26.3. The summed E-state index contributed by atoms with van der Waals surface area (Å²) >= 11 is 2.72. The molecule has 1 aromatic carbocycles. The molecule has 0 aliphatic carbocycles. The van der Waals surface area contributed by atoms with Crippen molar-refractivity contribution in [1.82, 2.24) is 0 Å². The summed E-state index contributed by atoms with van der Waals surface area (Å²) in [5.74, 6) is -1.71. The van der Waals surface area contributed by atoms with Gasteiger partial charge in [-0.15, -0.1) is 23.1 Å². The monoisotopic (exact) mass is 312 g/mol. The van der Waals surface area contributed by atoms with Gasteiger partial charge in [-0.3, -0.25) is 0 Å². The van der Waals surface area contributed by atoms with E-state index in [0.717, 1.165) is 22.6 Å². The van der Waals surface area contributed by atoms with Crippen LogP contribution in [0.2, 0.25) is 0 Å². The fourth-order valence-electron chi connectivity index (χ4n) is 1.51. The molecular formula is C14H10F2O2S2. The molecule has 0 aliphatic heterocycles. The Morgan fingerprint density at radius 3 is 2.85 bits per heavy atom. The second kappa shape index (κ2) is 6.67. The number of thiophene rings is 1. The molecule has 0 amide bonds. The molecule has 0 atom stereocenters. The molecule has 1 heterocycles. The zero-order valence-corrected chi connectivity index (χ0v) is 11.8. The van der Waals surface area contributed by atoms with Crippen molar-refractivity contribution in [3.63, 3.8) is 0 Å². The van der Waals surface area contributed by atoms with Crippen LogP contribution in [0.4, 0.5) is 8.78 Å². The van der Waals surface area contributed by atoms with Crippen molar-refractivity contribution in [2.75, 3.05) is 0 Å². The van der Waals surface area contributed by atoms with Crippen LogP contribution in [0.15, 0.2) is 40.6 Å². The Hall–Kier alpha value is -1.66. The largest absolute Gasteiger partial charge is 0.478 e. The van der Waals surface area contributed by atoms with Gasteiger partial charge >= 0.3 is 5.97 Å². The smallest absolute Gasteiger partial charge is 0.328 e. The number of thioether (sulfide) groups is 1. The zero-order chi connectivity index (χ0) is 14.5. The Morgan fingerprint density at radius 2 is 2.15 bits per heavy atom. The molecule has 0 bridgehead atoms. The van der Waals surface area contributed by atoms with Gasteiger partial charge in [-0.25, -0.2) is 13.6 Å². The Kier molecular flexibility index (Phi) is 4.92. The number of benzene rings is 1. The lowest BCUT2D eigenvalue weighted by molar-refractivity contribution is -0.131. The average Bonchev–Trinajstić information content (AvgIpc) is 2.83. The summed E-state index contributed by atoms with van der Waals surface area (Å²) in [6.07, 6.45) is 2.57. The van der Waals surface area contributed by atoms with E-state index < -0.39 is 17.6 Å². The second-order valence-electron chi connectivity index (χ2n) is 3.83. The van der Waals surface area contributed by atoms with Crippen molar-refractivity contribution in [3.05, 3.63) is 57.8 Å². The van der Waals surface area contributed by atoms with Crippen LogP contribution in [0.3, 0.4) is 0 Å². The fourth-order valence-corrected chi connectivity index (χ4v) is 3.43. The highest BCUT2D eigenvalue weighted by Gasteiger charge is 2.07. The maximum absolute atomic E-state index is 13.5. The fraction of sp³-hybridized carbons (Fsp3) is 0.0714. The third-order valence-electron chi connectivity index (χ3n) is 2.44. The van der Waals surface area contributed by atoms with E-state index in [2.05, 4.69) is 0 Å². The van der Waals surface area contributed by atoms with Gasteiger partial charge in [0.25, 0.3) is 0 Å². The molecule has 0 fully saturated rings. The summed E-state index contributed by atoms with van der Waals surface area (Å²) in [6.45, 7) is 0. The minimum atomic E-state index is -1.01. The quantitative estimate of drug-likeness (QED) is 0.656. The molecule has 2 aromatic rings. The number of rotatable bonds is 5.